The molecule has 108 valence electrons. The SMILES string of the molecule is CC(C)COC(=O)NCc1cccc(C#CCCO)c1. The van der Waals surface area contributed by atoms with Gasteiger partial charge in [0.15, 0.2) is 0 Å². The van der Waals surface area contributed by atoms with Crippen LogP contribution >= 0.6 is 0 Å². The Morgan fingerprint density at radius 2 is 2.25 bits per heavy atom. The van der Waals surface area contributed by atoms with Crippen molar-refractivity contribution in [3.63, 3.8) is 0 Å². The lowest BCUT2D eigenvalue weighted by Crippen LogP contribution is -2.25. The largest absolute Gasteiger partial charge is 0.449 e. The number of carbonyl (C=O) groups excluding carboxylic acids is 1. The lowest BCUT2D eigenvalue weighted by Gasteiger charge is -2.08. The Labute approximate surface area is 120 Å². The molecule has 4 nitrogen and oxygen atoms in total. The van der Waals surface area contributed by atoms with E-state index in [-0.39, 0.29) is 6.61 Å². The highest BCUT2D eigenvalue weighted by Crippen LogP contribution is 2.04. The molecule has 1 amide bonds. The van der Waals surface area contributed by atoms with Gasteiger partial charge in [0.1, 0.15) is 0 Å². The molecule has 4 heteroatoms. The first kappa shape index (κ1) is 16.1. The van der Waals surface area contributed by atoms with E-state index in [2.05, 4.69) is 17.2 Å². The van der Waals surface area contributed by atoms with Crippen molar-refractivity contribution >= 4 is 6.09 Å². The van der Waals surface area contributed by atoms with E-state index >= 15 is 0 Å². The molecule has 1 rings (SSSR count). The fourth-order valence-electron chi connectivity index (χ4n) is 1.45. The molecule has 0 radical (unpaired) electrons. The van der Waals surface area contributed by atoms with Gasteiger partial charge >= 0.3 is 6.09 Å². The van der Waals surface area contributed by atoms with Crippen molar-refractivity contribution in [2.24, 2.45) is 5.92 Å². The summed E-state index contributed by atoms with van der Waals surface area (Å²) < 4.78 is 5.03. The first-order valence-corrected chi connectivity index (χ1v) is 6.71. The van der Waals surface area contributed by atoms with Gasteiger partial charge in [0.05, 0.1) is 13.2 Å². The Kier molecular flexibility index (Phi) is 7.23. The molecular formula is C16H21NO3. The molecule has 0 spiro atoms. The Morgan fingerprint density at radius 3 is 2.95 bits per heavy atom. The van der Waals surface area contributed by atoms with Crippen molar-refractivity contribution < 1.29 is 14.6 Å². The summed E-state index contributed by atoms with van der Waals surface area (Å²) in [4.78, 5) is 11.4. The first-order valence-electron chi connectivity index (χ1n) is 6.71. The molecular weight excluding hydrogens is 254 g/mol. The van der Waals surface area contributed by atoms with Crippen LogP contribution in [-0.2, 0) is 11.3 Å². The van der Waals surface area contributed by atoms with Gasteiger partial charge in [0, 0.05) is 18.5 Å². The zero-order valence-corrected chi connectivity index (χ0v) is 12.0. The molecule has 0 aliphatic rings. The van der Waals surface area contributed by atoms with E-state index in [4.69, 9.17) is 9.84 Å². The van der Waals surface area contributed by atoms with Gasteiger partial charge in [-0.15, -0.1) is 0 Å². The van der Waals surface area contributed by atoms with Gasteiger partial charge in [-0.3, -0.25) is 0 Å². The van der Waals surface area contributed by atoms with Crippen LogP contribution in [0.3, 0.4) is 0 Å². The average molecular weight is 275 g/mol. The Hall–Kier alpha value is -1.99. The van der Waals surface area contributed by atoms with Gasteiger partial charge in [0.25, 0.3) is 0 Å². The maximum absolute atomic E-state index is 11.4. The molecule has 1 aromatic carbocycles. The summed E-state index contributed by atoms with van der Waals surface area (Å²) in [5.41, 5.74) is 1.83. The van der Waals surface area contributed by atoms with E-state index in [9.17, 15) is 4.79 Å². The third kappa shape index (κ3) is 6.81. The van der Waals surface area contributed by atoms with Crippen LogP contribution in [-0.4, -0.2) is 24.4 Å². The number of hydrogen-bond acceptors (Lipinski definition) is 3. The summed E-state index contributed by atoms with van der Waals surface area (Å²) in [7, 11) is 0. The van der Waals surface area contributed by atoms with Crippen molar-refractivity contribution in [3.8, 4) is 11.8 Å². The number of hydrogen-bond donors (Lipinski definition) is 2. The van der Waals surface area contributed by atoms with Gasteiger partial charge in [-0.25, -0.2) is 4.79 Å². The van der Waals surface area contributed by atoms with E-state index < -0.39 is 6.09 Å². The standard InChI is InChI=1S/C16H21NO3/c1-13(2)12-20-16(19)17-11-15-8-5-7-14(10-15)6-3-4-9-18/h5,7-8,10,13,18H,4,9,11-12H2,1-2H3,(H,17,19). The van der Waals surface area contributed by atoms with Crippen LogP contribution in [0.1, 0.15) is 31.4 Å². The smallest absolute Gasteiger partial charge is 0.407 e. The van der Waals surface area contributed by atoms with Crippen LogP contribution in [0.5, 0.6) is 0 Å². The molecule has 0 fully saturated rings. The number of ether oxygens (including phenoxy) is 1. The van der Waals surface area contributed by atoms with Crippen LogP contribution < -0.4 is 5.32 Å². The summed E-state index contributed by atoms with van der Waals surface area (Å²) in [6, 6.07) is 7.61. The number of nitrogens with one attached hydrogen (secondary N) is 1. The predicted molar refractivity (Wildman–Crippen MR) is 78.0 cm³/mol. The second-order valence-electron chi connectivity index (χ2n) is 4.82. The minimum atomic E-state index is -0.407. The number of amides is 1. The van der Waals surface area contributed by atoms with Crippen LogP contribution in [0.25, 0.3) is 0 Å². The van der Waals surface area contributed by atoms with Crippen molar-refractivity contribution in [2.45, 2.75) is 26.8 Å². The summed E-state index contributed by atoms with van der Waals surface area (Å²) in [5, 5.41) is 11.4. The molecule has 0 aromatic heterocycles. The molecule has 0 saturated carbocycles. The predicted octanol–water partition coefficient (Wildman–Crippen LogP) is 2.30. The van der Waals surface area contributed by atoms with E-state index in [1.165, 1.54) is 0 Å². The summed E-state index contributed by atoms with van der Waals surface area (Å²) >= 11 is 0. The Morgan fingerprint density at radius 1 is 1.45 bits per heavy atom. The molecule has 0 atom stereocenters. The molecule has 1 aromatic rings. The number of carbonyl (C=O) groups is 1. The average Bonchev–Trinajstić information content (AvgIpc) is 2.43. The molecule has 0 heterocycles. The highest BCUT2D eigenvalue weighted by atomic mass is 16.5. The molecule has 0 saturated heterocycles. The number of aliphatic hydroxyl groups is 1. The van der Waals surface area contributed by atoms with Gasteiger partial charge in [0.2, 0.25) is 0 Å². The molecule has 0 bridgehead atoms. The number of aliphatic hydroxyl groups excluding tert-OH is 1. The highest BCUT2D eigenvalue weighted by molar-refractivity contribution is 5.67. The van der Waals surface area contributed by atoms with Crippen molar-refractivity contribution in [1.29, 1.82) is 0 Å². The number of alkyl carbamates (subject to hydrolysis) is 1. The van der Waals surface area contributed by atoms with Crippen molar-refractivity contribution in [1.82, 2.24) is 5.32 Å². The fraction of sp³-hybridized carbons (Fsp3) is 0.438. The molecule has 0 aliphatic carbocycles. The first-order chi connectivity index (χ1) is 9.61. The lowest BCUT2D eigenvalue weighted by atomic mass is 10.1. The normalized spacial score (nSPS) is 9.80. The van der Waals surface area contributed by atoms with Crippen LogP contribution in [0, 0.1) is 17.8 Å². The molecule has 2 N–H and O–H groups in total. The lowest BCUT2D eigenvalue weighted by molar-refractivity contribution is 0.132. The highest BCUT2D eigenvalue weighted by Gasteiger charge is 2.03. The van der Waals surface area contributed by atoms with Crippen LogP contribution in [0.2, 0.25) is 0 Å². The minimum absolute atomic E-state index is 0.0654. The van der Waals surface area contributed by atoms with E-state index in [0.29, 0.717) is 25.5 Å². The quantitative estimate of drug-likeness (QED) is 0.811. The Bertz CT molecular complexity index is 486. The molecule has 20 heavy (non-hydrogen) atoms. The molecule has 0 unspecified atom stereocenters. The summed E-state index contributed by atoms with van der Waals surface area (Å²) in [6.45, 7) is 4.87. The second kappa shape index (κ2) is 9.00. The zero-order chi connectivity index (χ0) is 14.8. The summed E-state index contributed by atoms with van der Waals surface area (Å²) in [6.07, 6.45) is 0.0553. The van der Waals surface area contributed by atoms with Gasteiger partial charge in [-0.1, -0.05) is 37.8 Å². The van der Waals surface area contributed by atoms with E-state index in [1.807, 2.05) is 38.1 Å². The maximum atomic E-state index is 11.4. The van der Waals surface area contributed by atoms with Crippen molar-refractivity contribution in [2.75, 3.05) is 13.2 Å². The van der Waals surface area contributed by atoms with Gasteiger partial charge < -0.3 is 15.2 Å². The summed E-state index contributed by atoms with van der Waals surface area (Å²) in [5.74, 6) is 6.15. The van der Waals surface area contributed by atoms with Gasteiger partial charge in [-0.2, -0.15) is 0 Å². The zero-order valence-electron chi connectivity index (χ0n) is 12.0. The third-order valence-corrected chi connectivity index (χ3v) is 2.38. The minimum Gasteiger partial charge on any atom is -0.449 e. The van der Waals surface area contributed by atoms with Crippen LogP contribution in [0.15, 0.2) is 24.3 Å². The van der Waals surface area contributed by atoms with Crippen molar-refractivity contribution in [3.05, 3.63) is 35.4 Å². The van der Waals surface area contributed by atoms with E-state index in [1.54, 1.807) is 0 Å². The maximum Gasteiger partial charge on any atom is 0.407 e. The third-order valence-electron chi connectivity index (χ3n) is 2.38. The monoisotopic (exact) mass is 275 g/mol. The fourth-order valence-corrected chi connectivity index (χ4v) is 1.45. The topological polar surface area (TPSA) is 58.6 Å². The molecule has 0 aliphatic heterocycles. The van der Waals surface area contributed by atoms with E-state index in [0.717, 1.165) is 11.1 Å². The number of rotatable bonds is 5. The van der Waals surface area contributed by atoms with Crippen LogP contribution in [0.4, 0.5) is 4.79 Å². The second-order valence-corrected chi connectivity index (χ2v) is 4.82. The Balaban J connectivity index is 2.46. The van der Waals surface area contributed by atoms with Gasteiger partial charge in [-0.05, 0) is 23.6 Å². The number of benzene rings is 1.